The normalized spacial score (nSPS) is 15.9. The molecule has 0 aliphatic carbocycles. The average Bonchev–Trinajstić information content (AvgIpc) is 2.96. The van der Waals surface area contributed by atoms with E-state index in [0.717, 1.165) is 24.8 Å². The summed E-state index contributed by atoms with van der Waals surface area (Å²) in [7, 11) is 0. The minimum absolute atomic E-state index is 0.0778. The SMILES string of the molecule is CCCCCN1C(=O)c2oc3cc(C)c(Cl)cc3c(=O)c2C1c1cccc(O)c1. The van der Waals surface area contributed by atoms with E-state index in [0.29, 0.717) is 33.7 Å². The molecule has 0 spiro atoms. The number of benzene rings is 2. The van der Waals surface area contributed by atoms with Crippen LogP contribution in [0.4, 0.5) is 0 Å². The van der Waals surface area contributed by atoms with Crippen LogP contribution in [0.1, 0.15) is 59.5 Å². The minimum Gasteiger partial charge on any atom is -0.508 e. The Kier molecular flexibility index (Phi) is 5.09. The van der Waals surface area contributed by atoms with Gasteiger partial charge in [-0.25, -0.2) is 0 Å². The Bertz CT molecular complexity index is 1170. The van der Waals surface area contributed by atoms with Crippen molar-refractivity contribution in [3.8, 4) is 5.75 Å². The summed E-state index contributed by atoms with van der Waals surface area (Å²) in [6, 6.07) is 9.37. The molecular formula is C23H22ClNO4. The fourth-order valence-corrected chi connectivity index (χ4v) is 4.11. The number of carbonyl (C=O) groups is 1. The van der Waals surface area contributed by atoms with Crippen molar-refractivity contribution in [3.05, 3.63) is 74.1 Å². The molecule has 150 valence electrons. The molecule has 2 heterocycles. The summed E-state index contributed by atoms with van der Waals surface area (Å²) in [5.74, 6) is -0.133. The minimum atomic E-state index is -0.595. The third kappa shape index (κ3) is 3.29. The Balaban J connectivity index is 1.95. The highest BCUT2D eigenvalue weighted by atomic mass is 35.5. The number of aryl methyl sites for hydroxylation is 1. The molecule has 4 rings (SSSR count). The third-order valence-corrected chi connectivity index (χ3v) is 5.84. The molecule has 1 aromatic heterocycles. The van der Waals surface area contributed by atoms with E-state index in [9.17, 15) is 14.7 Å². The van der Waals surface area contributed by atoms with Crippen LogP contribution in [-0.4, -0.2) is 22.5 Å². The highest BCUT2D eigenvalue weighted by molar-refractivity contribution is 6.32. The summed E-state index contributed by atoms with van der Waals surface area (Å²) in [5.41, 5.74) is 1.86. The van der Waals surface area contributed by atoms with Gasteiger partial charge in [0.25, 0.3) is 5.91 Å². The number of phenolic OH excluding ortho intramolecular Hbond substituents is 1. The van der Waals surface area contributed by atoms with Crippen LogP contribution >= 0.6 is 11.6 Å². The van der Waals surface area contributed by atoms with Gasteiger partial charge in [0.05, 0.1) is 17.0 Å². The maximum absolute atomic E-state index is 13.4. The standard InChI is InChI=1S/C23H22ClNO4/c1-3-4-5-9-25-20(14-7-6-8-15(26)11-14)19-21(27)16-12-17(24)13(2)10-18(16)29-22(19)23(25)28/h6-8,10-12,20,26H,3-5,9H2,1-2H3. The van der Waals surface area contributed by atoms with Gasteiger partial charge in [0, 0.05) is 11.6 Å². The molecule has 5 nitrogen and oxygen atoms in total. The topological polar surface area (TPSA) is 70.8 Å². The number of amides is 1. The van der Waals surface area contributed by atoms with E-state index in [1.165, 1.54) is 0 Å². The fraction of sp³-hybridized carbons (Fsp3) is 0.304. The molecule has 6 heteroatoms. The van der Waals surface area contributed by atoms with Gasteiger partial charge >= 0.3 is 0 Å². The first-order valence-electron chi connectivity index (χ1n) is 9.79. The van der Waals surface area contributed by atoms with Crippen LogP contribution < -0.4 is 5.43 Å². The third-order valence-electron chi connectivity index (χ3n) is 5.44. The highest BCUT2D eigenvalue weighted by Gasteiger charge is 2.42. The molecule has 0 saturated heterocycles. The van der Waals surface area contributed by atoms with Gasteiger partial charge in [-0.15, -0.1) is 0 Å². The summed E-state index contributed by atoms with van der Waals surface area (Å²) in [6.07, 6.45) is 2.82. The predicted octanol–water partition coefficient (Wildman–Crippen LogP) is 5.20. The van der Waals surface area contributed by atoms with Crippen LogP contribution in [0.3, 0.4) is 0 Å². The van der Waals surface area contributed by atoms with E-state index in [4.69, 9.17) is 16.0 Å². The van der Waals surface area contributed by atoms with E-state index in [1.54, 1.807) is 35.2 Å². The second kappa shape index (κ2) is 7.56. The zero-order chi connectivity index (χ0) is 20.7. The van der Waals surface area contributed by atoms with Gasteiger partial charge in [-0.1, -0.05) is 43.5 Å². The molecule has 1 aliphatic heterocycles. The molecule has 0 bridgehead atoms. The Labute approximate surface area is 173 Å². The number of hydrogen-bond donors (Lipinski definition) is 1. The van der Waals surface area contributed by atoms with Crippen molar-refractivity contribution in [2.45, 2.75) is 39.2 Å². The maximum atomic E-state index is 13.4. The number of rotatable bonds is 5. The average molecular weight is 412 g/mol. The molecule has 29 heavy (non-hydrogen) atoms. The van der Waals surface area contributed by atoms with Crippen LogP contribution in [0.2, 0.25) is 5.02 Å². The van der Waals surface area contributed by atoms with Gasteiger partial charge in [0.1, 0.15) is 11.3 Å². The molecule has 2 aromatic carbocycles. The van der Waals surface area contributed by atoms with Gasteiger partial charge in [0.15, 0.2) is 5.43 Å². The van der Waals surface area contributed by atoms with Gasteiger partial charge < -0.3 is 14.4 Å². The lowest BCUT2D eigenvalue weighted by Gasteiger charge is -2.25. The van der Waals surface area contributed by atoms with Crippen molar-refractivity contribution in [2.24, 2.45) is 0 Å². The van der Waals surface area contributed by atoms with Crippen molar-refractivity contribution in [2.75, 3.05) is 6.54 Å². The molecular weight excluding hydrogens is 390 g/mol. The Morgan fingerprint density at radius 1 is 1.17 bits per heavy atom. The van der Waals surface area contributed by atoms with Gasteiger partial charge in [-0.05, 0) is 48.7 Å². The zero-order valence-corrected chi connectivity index (χ0v) is 17.1. The van der Waals surface area contributed by atoms with E-state index in [-0.39, 0.29) is 22.8 Å². The number of nitrogens with zero attached hydrogens (tertiary/aromatic N) is 1. The van der Waals surface area contributed by atoms with E-state index in [2.05, 4.69) is 6.92 Å². The maximum Gasteiger partial charge on any atom is 0.290 e. The van der Waals surface area contributed by atoms with Crippen LogP contribution in [0.15, 0.2) is 45.6 Å². The first kappa shape index (κ1) is 19.5. The Morgan fingerprint density at radius 3 is 2.69 bits per heavy atom. The zero-order valence-electron chi connectivity index (χ0n) is 16.4. The summed E-state index contributed by atoms with van der Waals surface area (Å²) in [4.78, 5) is 28.3. The first-order valence-corrected chi connectivity index (χ1v) is 10.2. The molecule has 1 amide bonds. The molecule has 1 N–H and O–H groups in total. The van der Waals surface area contributed by atoms with E-state index < -0.39 is 6.04 Å². The van der Waals surface area contributed by atoms with Crippen LogP contribution in [0.5, 0.6) is 5.75 Å². The largest absolute Gasteiger partial charge is 0.508 e. The monoisotopic (exact) mass is 411 g/mol. The molecule has 1 aliphatic rings. The van der Waals surface area contributed by atoms with E-state index >= 15 is 0 Å². The fourth-order valence-electron chi connectivity index (χ4n) is 3.95. The number of phenols is 1. The van der Waals surface area contributed by atoms with E-state index in [1.807, 2.05) is 13.0 Å². The molecule has 1 unspecified atom stereocenters. The van der Waals surface area contributed by atoms with Crippen molar-refractivity contribution in [1.29, 1.82) is 0 Å². The lowest BCUT2D eigenvalue weighted by Crippen LogP contribution is -2.30. The summed E-state index contributed by atoms with van der Waals surface area (Å²) in [5, 5.41) is 10.8. The molecule has 0 saturated carbocycles. The first-order chi connectivity index (χ1) is 13.9. The molecule has 0 fully saturated rings. The molecule has 3 aromatic rings. The van der Waals surface area contributed by atoms with Gasteiger partial charge in [-0.3, -0.25) is 9.59 Å². The molecule has 1 atom stereocenters. The summed E-state index contributed by atoms with van der Waals surface area (Å²) in [6.45, 7) is 4.42. The van der Waals surface area contributed by atoms with Crippen molar-refractivity contribution >= 4 is 28.5 Å². The van der Waals surface area contributed by atoms with Crippen LogP contribution in [-0.2, 0) is 0 Å². The number of unbranched alkanes of at least 4 members (excludes halogenated alkanes) is 2. The van der Waals surface area contributed by atoms with Crippen LogP contribution in [0.25, 0.3) is 11.0 Å². The Hall–Kier alpha value is -2.79. The number of halogens is 1. The Morgan fingerprint density at radius 2 is 1.97 bits per heavy atom. The highest BCUT2D eigenvalue weighted by Crippen LogP contribution is 2.39. The number of hydrogen-bond acceptors (Lipinski definition) is 4. The summed E-state index contributed by atoms with van der Waals surface area (Å²) >= 11 is 6.24. The second-order valence-electron chi connectivity index (χ2n) is 7.47. The molecule has 0 radical (unpaired) electrons. The quantitative estimate of drug-likeness (QED) is 0.586. The van der Waals surface area contributed by atoms with Crippen molar-refractivity contribution < 1.29 is 14.3 Å². The lowest BCUT2D eigenvalue weighted by atomic mass is 9.98. The van der Waals surface area contributed by atoms with Crippen molar-refractivity contribution in [1.82, 2.24) is 4.90 Å². The van der Waals surface area contributed by atoms with Gasteiger partial charge in [0.2, 0.25) is 5.76 Å². The van der Waals surface area contributed by atoms with Crippen molar-refractivity contribution in [3.63, 3.8) is 0 Å². The van der Waals surface area contributed by atoms with Gasteiger partial charge in [-0.2, -0.15) is 0 Å². The van der Waals surface area contributed by atoms with Crippen LogP contribution in [0, 0.1) is 6.92 Å². The predicted molar refractivity (Wildman–Crippen MR) is 113 cm³/mol. The number of carbonyl (C=O) groups excluding carboxylic acids is 1. The lowest BCUT2D eigenvalue weighted by molar-refractivity contribution is 0.0724. The number of aromatic hydroxyl groups is 1. The smallest absolute Gasteiger partial charge is 0.290 e. The number of fused-ring (bicyclic) bond motifs is 2. The summed E-state index contributed by atoms with van der Waals surface area (Å²) < 4.78 is 5.94. The second-order valence-corrected chi connectivity index (χ2v) is 7.88.